The number of rotatable bonds is 8. The van der Waals surface area contributed by atoms with E-state index in [4.69, 9.17) is 10.5 Å². The first-order valence-electron chi connectivity index (χ1n) is 8.83. The molecule has 9 heteroatoms. The molecule has 1 unspecified atom stereocenters. The number of nitrogens with one attached hydrogen (secondary N) is 3. The second kappa shape index (κ2) is 9.67. The van der Waals surface area contributed by atoms with Crippen LogP contribution in [-0.4, -0.2) is 58.6 Å². The summed E-state index contributed by atoms with van der Waals surface area (Å²) in [5.74, 6) is 0.323. The van der Waals surface area contributed by atoms with Gasteiger partial charge in [0.1, 0.15) is 0 Å². The molecule has 1 saturated heterocycles. The van der Waals surface area contributed by atoms with Crippen LogP contribution in [0.25, 0.3) is 0 Å². The van der Waals surface area contributed by atoms with Crippen LogP contribution in [0.15, 0.2) is 0 Å². The number of amides is 1. The van der Waals surface area contributed by atoms with Crippen molar-refractivity contribution in [3.8, 4) is 0 Å². The van der Waals surface area contributed by atoms with Crippen LogP contribution in [0.2, 0.25) is 0 Å². The normalized spacial score (nSPS) is 24.5. The van der Waals surface area contributed by atoms with Crippen LogP contribution in [0, 0.1) is 5.92 Å². The monoisotopic (exact) mass is 362 g/mol. The average molecular weight is 362 g/mol. The summed E-state index contributed by atoms with van der Waals surface area (Å²) < 4.78 is 31.7. The fourth-order valence-corrected chi connectivity index (χ4v) is 4.42. The minimum absolute atomic E-state index is 0.129. The SMILES string of the molecule is N[C@@H](CC1CCCCC1)C(=O)NCCNS(=O)(=O)C1CNCCO1. The first-order valence-corrected chi connectivity index (χ1v) is 10.4. The molecule has 2 atom stereocenters. The van der Waals surface area contributed by atoms with E-state index in [0.29, 0.717) is 25.5 Å². The molecule has 1 amide bonds. The topological polar surface area (TPSA) is 123 Å². The standard InChI is InChI=1S/C15H30N4O4S/c16-13(10-12-4-2-1-3-5-12)15(20)18-6-7-19-24(21,22)14-11-17-8-9-23-14/h12-14,17,19H,1-11,16H2,(H,18,20)/t13-,14?/m0/s1. The summed E-state index contributed by atoms with van der Waals surface area (Å²) in [6.07, 6.45) is 6.72. The average Bonchev–Trinajstić information content (AvgIpc) is 2.60. The number of morpholine rings is 1. The van der Waals surface area contributed by atoms with Crippen LogP contribution in [0.1, 0.15) is 38.5 Å². The van der Waals surface area contributed by atoms with Gasteiger partial charge >= 0.3 is 0 Å². The van der Waals surface area contributed by atoms with Crippen LogP contribution in [0.4, 0.5) is 0 Å². The van der Waals surface area contributed by atoms with Crippen molar-refractivity contribution in [1.29, 1.82) is 0 Å². The molecule has 2 rings (SSSR count). The fourth-order valence-electron chi connectivity index (χ4n) is 3.23. The Kier molecular flexibility index (Phi) is 7.89. The molecule has 1 heterocycles. The first kappa shape index (κ1) is 19.6. The van der Waals surface area contributed by atoms with Gasteiger partial charge in [-0.05, 0) is 12.3 Å². The lowest BCUT2D eigenvalue weighted by Crippen LogP contribution is -2.49. The Hall–Kier alpha value is -0.740. The maximum absolute atomic E-state index is 12.0. The van der Waals surface area contributed by atoms with Crippen molar-refractivity contribution in [2.24, 2.45) is 11.7 Å². The van der Waals surface area contributed by atoms with Crippen molar-refractivity contribution in [1.82, 2.24) is 15.4 Å². The van der Waals surface area contributed by atoms with Crippen molar-refractivity contribution in [2.75, 3.05) is 32.8 Å². The van der Waals surface area contributed by atoms with Gasteiger partial charge in [0.25, 0.3) is 0 Å². The Labute approximate surface area is 144 Å². The van der Waals surface area contributed by atoms with Crippen LogP contribution >= 0.6 is 0 Å². The third-order valence-electron chi connectivity index (χ3n) is 4.62. The minimum atomic E-state index is -3.54. The first-order chi connectivity index (χ1) is 11.5. The zero-order valence-corrected chi connectivity index (χ0v) is 14.9. The molecule has 8 nitrogen and oxygen atoms in total. The molecule has 1 aliphatic heterocycles. The van der Waals surface area contributed by atoms with E-state index in [1.165, 1.54) is 19.3 Å². The molecule has 0 spiro atoms. The summed E-state index contributed by atoms with van der Waals surface area (Å²) >= 11 is 0. The third-order valence-corrected chi connectivity index (χ3v) is 6.22. The van der Waals surface area contributed by atoms with E-state index in [0.717, 1.165) is 12.8 Å². The Morgan fingerprint density at radius 2 is 2.00 bits per heavy atom. The number of carbonyl (C=O) groups excluding carboxylic acids is 1. The van der Waals surface area contributed by atoms with E-state index < -0.39 is 21.5 Å². The lowest BCUT2D eigenvalue weighted by Gasteiger charge is -2.24. The Morgan fingerprint density at radius 1 is 1.25 bits per heavy atom. The van der Waals surface area contributed by atoms with Crippen LogP contribution < -0.4 is 21.1 Å². The number of carbonyl (C=O) groups is 1. The van der Waals surface area contributed by atoms with E-state index in [1.54, 1.807) is 0 Å². The van der Waals surface area contributed by atoms with Gasteiger partial charge in [0.15, 0.2) is 5.44 Å². The van der Waals surface area contributed by atoms with Crippen molar-refractivity contribution in [3.05, 3.63) is 0 Å². The molecule has 0 radical (unpaired) electrons. The second-order valence-corrected chi connectivity index (χ2v) is 8.49. The molecule has 140 valence electrons. The van der Waals surface area contributed by atoms with Crippen LogP contribution in [0.3, 0.4) is 0 Å². The van der Waals surface area contributed by atoms with E-state index in [1.807, 2.05) is 0 Å². The molecule has 1 saturated carbocycles. The summed E-state index contributed by atoms with van der Waals surface area (Å²) in [7, 11) is -3.54. The highest BCUT2D eigenvalue weighted by atomic mass is 32.2. The Morgan fingerprint density at radius 3 is 2.67 bits per heavy atom. The smallest absolute Gasteiger partial charge is 0.240 e. The molecule has 0 aromatic heterocycles. The van der Waals surface area contributed by atoms with Gasteiger partial charge in [-0.15, -0.1) is 0 Å². The van der Waals surface area contributed by atoms with E-state index in [9.17, 15) is 13.2 Å². The second-order valence-electron chi connectivity index (χ2n) is 6.58. The molecule has 0 bridgehead atoms. The maximum atomic E-state index is 12.0. The van der Waals surface area contributed by atoms with E-state index >= 15 is 0 Å². The highest BCUT2D eigenvalue weighted by Gasteiger charge is 2.27. The summed E-state index contributed by atoms with van der Waals surface area (Å²) in [5.41, 5.74) is 5.07. The molecule has 0 aromatic rings. The zero-order valence-electron chi connectivity index (χ0n) is 14.1. The number of ether oxygens (including phenoxy) is 1. The molecule has 2 aliphatic rings. The quantitative estimate of drug-likeness (QED) is 0.422. The predicted octanol–water partition coefficient (Wildman–Crippen LogP) is -0.734. The van der Waals surface area contributed by atoms with Crippen molar-refractivity contribution in [3.63, 3.8) is 0 Å². The minimum Gasteiger partial charge on any atom is -0.358 e. The highest BCUT2D eigenvalue weighted by molar-refractivity contribution is 7.90. The van der Waals surface area contributed by atoms with Crippen molar-refractivity contribution in [2.45, 2.75) is 50.0 Å². The van der Waals surface area contributed by atoms with Gasteiger partial charge in [-0.2, -0.15) is 0 Å². The summed E-state index contributed by atoms with van der Waals surface area (Å²) in [6, 6.07) is -0.518. The third kappa shape index (κ3) is 6.29. The predicted molar refractivity (Wildman–Crippen MR) is 91.7 cm³/mol. The maximum Gasteiger partial charge on any atom is 0.240 e. The number of hydrogen-bond donors (Lipinski definition) is 4. The van der Waals surface area contributed by atoms with E-state index in [-0.39, 0.29) is 25.5 Å². The fraction of sp³-hybridized carbons (Fsp3) is 0.933. The van der Waals surface area contributed by atoms with Gasteiger partial charge in [0.2, 0.25) is 15.9 Å². The van der Waals surface area contributed by atoms with Crippen molar-refractivity contribution >= 4 is 15.9 Å². The summed E-state index contributed by atoms with van der Waals surface area (Å²) in [4.78, 5) is 12.0. The molecule has 5 N–H and O–H groups in total. The Bertz CT molecular complexity index is 488. The number of hydrogen-bond acceptors (Lipinski definition) is 6. The molecular formula is C15H30N4O4S. The largest absolute Gasteiger partial charge is 0.358 e. The van der Waals surface area contributed by atoms with Gasteiger partial charge in [-0.1, -0.05) is 32.1 Å². The lowest BCUT2D eigenvalue weighted by molar-refractivity contribution is -0.122. The summed E-state index contributed by atoms with van der Waals surface area (Å²) in [5, 5.41) is 5.67. The number of nitrogens with two attached hydrogens (primary N) is 1. The number of sulfonamides is 1. The zero-order chi connectivity index (χ0) is 17.4. The molecular weight excluding hydrogens is 332 g/mol. The van der Waals surface area contributed by atoms with Gasteiger partial charge in [0.05, 0.1) is 12.6 Å². The van der Waals surface area contributed by atoms with Gasteiger partial charge < -0.3 is 21.1 Å². The highest BCUT2D eigenvalue weighted by Crippen LogP contribution is 2.26. The molecule has 0 aromatic carbocycles. The van der Waals surface area contributed by atoms with Crippen molar-refractivity contribution < 1.29 is 17.9 Å². The lowest BCUT2D eigenvalue weighted by atomic mass is 9.85. The van der Waals surface area contributed by atoms with Gasteiger partial charge in [-0.25, -0.2) is 13.1 Å². The molecule has 2 fully saturated rings. The van der Waals surface area contributed by atoms with E-state index in [2.05, 4.69) is 15.4 Å². The van der Waals surface area contributed by atoms with Gasteiger partial charge in [0, 0.05) is 26.2 Å². The molecule has 24 heavy (non-hydrogen) atoms. The molecule has 1 aliphatic carbocycles. The van der Waals surface area contributed by atoms with Crippen LogP contribution in [0.5, 0.6) is 0 Å². The van der Waals surface area contributed by atoms with Crippen LogP contribution in [-0.2, 0) is 19.6 Å². The van der Waals surface area contributed by atoms with Gasteiger partial charge in [-0.3, -0.25) is 4.79 Å². The Balaban J connectivity index is 1.62. The summed E-state index contributed by atoms with van der Waals surface area (Å²) in [6.45, 7) is 1.65.